The van der Waals surface area contributed by atoms with Crippen LogP contribution in [0, 0.1) is 5.92 Å². The van der Waals surface area contributed by atoms with E-state index in [1.54, 1.807) is 6.92 Å². The lowest BCUT2D eigenvalue weighted by Crippen LogP contribution is -2.44. The van der Waals surface area contributed by atoms with Crippen LogP contribution in [0.15, 0.2) is 0 Å². The van der Waals surface area contributed by atoms with Gasteiger partial charge in [0.15, 0.2) is 0 Å². The Hall–Kier alpha value is 0.360. The highest BCUT2D eigenvalue weighted by molar-refractivity contribution is 14.1. The Morgan fingerprint density at radius 3 is 2.38 bits per heavy atom. The Labute approximate surface area is 93.2 Å². The fourth-order valence-corrected chi connectivity index (χ4v) is 3.58. The molecular weight excluding hydrogens is 279 g/mol. The van der Waals surface area contributed by atoms with E-state index in [1.807, 2.05) is 0 Å². The Morgan fingerprint density at radius 2 is 2.00 bits per heavy atom. The fourth-order valence-electron chi connectivity index (χ4n) is 2.14. The summed E-state index contributed by atoms with van der Waals surface area (Å²) in [6.45, 7) is 1.59. The molecule has 1 rings (SSSR count). The average Bonchev–Trinajstić information content (AvgIpc) is 2.05. The smallest absolute Gasteiger partial charge is 0.136 e. The third-order valence-corrected chi connectivity index (χ3v) is 3.89. The molecule has 0 aromatic carbocycles. The molecule has 0 bridgehead atoms. The minimum atomic E-state index is -0.689. The summed E-state index contributed by atoms with van der Waals surface area (Å²) < 4.78 is 0.740. The number of carbonyl (C=O) groups excluding carboxylic acids is 1. The van der Waals surface area contributed by atoms with E-state index >= 15 is 0 Å². The zero-order valence-electron chi connectivity index (χ0n) is 8.05. The van der Waals surface area contributed by atoms with E-state index in [2.05, 4.69) is 22.6 Å². The van der Waals surface area contributed by atoms with Crippen molar-refractivity contribution in [2.24, 2.45) is 5.92 Å². The number of rotatable bonds is 3. The predicted octanol–water partition coefficient (Wildman–Crippen LogP) is 2.32. The van der Waals surface area contributed by atoms with Crippen molar-refractivity contribution >= 4 is 28.4 Å². The molecule has 1 unspecified atom stereocenters. The van der Waals surface area contributed by atoms with Crippen LogP contribution in [0.3, 0.4) is 0 Å². The summed E-state index contributed by atoms with van der Waals surface area (Å²) in [5.74, 6) is -0.00722. The van der Waals surface area contributed by atoms with Crippen molar-refractivity contribution in [3.05, 3.63) is 0 Å². The second-order valence-corrected chi connectivity index (χ2v) is 4.86. The Balaban J connectivity index is 2.68. The molecule has 0 amide bonds. The Kier molecular flexibility index (Phi) is 4.16. The highest BCUT2D eigenvalue weighted by atomic mass is 127. The first-order chi connectivity index (χ1) is 6.10. The molecular formula is C10H17IO2. The Bertz CT molecular complexity index is 185. The van der Waals surface area contributed by atoms with E-state index in [9.17, 15) is 9.90 Å². The van der Waals surface area contributed by atoms with Gasteiger partial charge in [0.25, 0.3) is 0 Å². The third-order valence-electron chi connectivity index (χ3n) is 3.01. The van der Waals surface area contributed by atoms with Gasteiger partial charge in [-0.05, 0) is 19.8 Å². The highest BCUT2D eigenvalue weighted by Crippen LogP contribution is 2.35. The first kappa shape index (κ1) is 11.4. The molecule has 0 aromatic heterocycles. The molecule has 0 aliphatic heterocycles. The summed E-state index contributed by atoms with van der Waals surface area (Å²) in [5.41, 5.74) is -0.689. The van der Waals surface area contributed by atoms with Crippen LogP contribution in [0.4, 0.5) is 0 Å². The van der Waals surface area contributed by atoms with Gasteiger partial charge in [-0.15, -0.1) is 0 Å². The molecule has 3 heteroatoms. The van der Waals surface area contributed by atoms with Crippen LogP contribution in [-0.4, -0.2) is 20.9 Å². The molecule has 2 nitrogen and oxygen atoms in total. The van der Waals surface area contributed by atoms with E-state index in [4.69, 9.17) is 0 Å². The number of ketones is 1. The number of hydrogen-bond donors (Lipinski definition) is 1. The highest BCUT2D eigenvalue weighted by Gasteiger charge is 2.39. The molecule has 0 heterocycles. The maximum atomic E-state index is 11.3. The van der Waals surface area contributed by atoms with Crippen LogP contribution >= 0.6 is 22.6 Å². The van der Waals surface area contributed by atoms with Gasteiger partial charge in [-0.3, -0.25) is 4.79 Å². The average molecular weight is 296 g/mol. The molecule has 1 aliphatic carbocycles. The molecule has 76 valence electrons. The minimum absolute atomic E-state index is 0.138. The first-order valence-corrected chi connectivity index (χ1v) is 6.41. The van der Waals surface area contributed by atoms with Crippen LogP contribution in [-0.2, 0) is 4.79 Å². The fraction of sp³-hybridized carbons (Fsp3) is 0.900. The van der Waals surface area contributed by atoms with Crippen LogP contribution < -0.4 is 0 Å². The third kappa shape index (κ3) is 2.65. The predicted molar refractivity (Wildman–Crippen MR) is 61.1 cm³/mol. The first-order valence-electron chi connectivity index (χ1n) is 4.89. The van der Waals surface area contributed by atoms with Gasteiger partial charge in [0, 0.05) is 4.43 Å². The zero-order valence-corrected chi connectivity index (χ0v) is 10.2. The lowest BCUT2D eigenvalue weighted by molar-refractivity contribution is -0.131. The van der Waals surface area contributed by atoms with Crippen molar-refractivity contribution in [2.75, 3.05) is 4.43 Å². The van der Waals surface area contributed by atoms with Gasteiger partial charge in [-0.2, -0.15) is 0 Å². The quantitative estimate of drug-likeness (QED) is 0.641. The van der Waals surface area contributed by atoms with E-state index < -0.39 is 5.60 Å². The topological polar surface area (TPSA) is 37.3 Å². The second-order valence-electron chi connectivity index (χ2n) is 3.98. The number of alkyl halides is 1. The van der Waals surface area contributed by atoms with Crippen molar-refractivity contribution in [3.8, 4) is 0 Å². The Morgan fingerprint density at radius 1 is 1.46 bits per heavy atom. The van der Waals surface area contributed by atoms with E-state index in [0.717, 1.165) is 30.1 Å². The van der Waals surface area contributed by atoms with Gasteiger partial charge in [0.05, 0.1) is 11.5 Å². The molecule has 1 N–H and O–H groups in total. The zero-order chi connectivity index (χ0) is 9.90. The summed E-state index contributed by atoms with van der Waals surface area (Å²) in [4.78, 5) is 11.3. The van der Waals surface area contributed by atoms with Crippen LogP contribution in [0.2, 0.25) is 0 Å². The SMILES string of the molecule is CC(=O)C(CI)C1(O)CCCCC1. The van der Waals surface area contributed by atoms with Gasteiger partial charge in [0.2, 0.25) is 0 Å². The summed E-state index contributed by atoms with van der Waals surface area (Å²) in [6, 6.07) is 0. The molecule has 0 radical (unpaired) electrons. The molecule has 1 fully saturated rings. The molecule has 1 atom stereocenters. The normalized spacial score (nSPS) is 23.9. The van der Waals surface area contributed by atoms with Crippen LogP contribution in [0.5, 0.6) is 0 Å². The van der Waals surface area contributed by atoms with Crippen LogP contribution in [0.25, 0.3) is 0 Å². The van der Waals surface area contributed by atoms with E-state index in [0.29, 0.717) is 0 Å². The van der Waals surface area contributed by atoms with Gasteiger partial charge in [-0.1, -0.05) is 41.9 Å². The molecule has 0 spiro atoms. The van der Waals surface area contributed by atoms with Crippen molar-refractivity contribution in [1.29, 1.82) is 0 Å². The molecule has 1 aliphatic rings. The van der Waals surface area contributed by atoms with Gasteiger partial charge in [0.1, 0.15) is 5.78 Å². The van der Waals surface area contributed by atoms with Gasteiger partial charge >= 0.3 is 0 Å². The minimum Gasteiger partial charge on any atom is -0.389 e. The van der Waals surface area contributed by atoms with Gasteiger partial charge in [-0.25, -0.2) is 0 Å². The second kappa shape index (κ2) is 4.73. The van der Waals surface area contributed by atoms with Crippen molar-refractivity contribution in [1.82, 2.24) is 0 Å². The van der Waals surface area contributed by atoms with Crippen LogP contribution in [0.1, 0.15) is 39.0 Å². The van der Waals surface area contributed by atoms with Gasteiger partial charge < -0.3 is 5.11 Å². The number of halogens is 1. The maximum Gasteiger partial charge on any atom is 0.136 e. The number of hydrogen-bond acceptors (Lipinski definition) is 2. The summed E-state index contributed by atoms with van der Waals surface area (Å²) in [6.07, 6.45) is 4.95. The number of aliphatic hydroxyl groups is 1. The molecule has 1 saturated carbocycles. The maximum absolute atomic E-state index is 11.3. The van der Waals surface area contributed by atoms with Crippen molar-refractivity contribution in [3.63, 3.8) is 0 Å². The summed E-state index contributed by atoms with van der Waals surface area (Å²) >= 11 is 2.20. The standard InChI is InChI=1S/C10H17IO2/c1-8(12)9(7-11)10(13)5-3-2-4-6-10/h9,13H,2-7H2,1H3. The molecule has 0 saturated heterocycles. The van der Waals surface area contributed by atoms with Crippen molar-refractivity contribution < 1.29 is 9.90 Å². The lowest BCUT2D eigenvalue weighted by atomic mass is 9.75. The monoisotopic (exact) mass is 296 g/mol. The summed E-state index contributed by atoms with van der Waals surface area (Å²) in [5, 5.41) is 10.3. The van der Waals surface area contributed by atoms with Crippen molar-refractivity contribution in [2.45, 2.75) is 44.6 Å². The van der Waals surface area contributed by atoms with E-state index in [-0.39, 0.29) is 11.7 Å². The summed E-state index contributed by atoms with van der Waals surface area (Å²) in [7, 11) is 0. The molecule has 13 heavy (non-hydrogen) atoms. The number of carbonyl (C=O) groups is 1. The molecule has 0 aromatic rings. The van der Waals surface area contributed by atoms with E-state index in [1.165, 1.54) is 6.42 Å². The number of Topliss-reactive ketones (excluding diaryl/α,β-unsaturated/α-hetero) is 1. The largest absolute Gasteiger partial charge is 0.389 e. The lowest BCUT2D eigenvalue weighted by Gasteiger charge is -2.37.